The van der Waals surface area contributed by atoms with Crippen LogP contribution in [0, 0.1) is 0 Å². The van der Waals surface area contributed by atoms with Crippen LogP contribution in [0.15, 0.2) is 36.0 Å². The second-order valence-corrected chi connectivity index (χ2v) is 3.03. The summed E-state index contributed by atoms with van der Waals surface area (Å²) in [5.74, 6) is 0.975. The van der Waals surface area contributed by atoms with Gasteiger partial charge in [0.2, 0.25) is 5.84 Å². The summed E-state index contributed by atoms with van der Waals surface area (Å²) >= 11 is 0. The van der Waals surface area contributed by atoms with Crippen LogP contribution in [0.5, 0.6) is 0 Å². The van der Waals surface area contributed by atoms with Gasteiger partial charge in [-0.15, -0.1) is 0 Å². The third-order valence-electron chi connectivity index (χ3n) is 1.98. The first-order valence-corrected chi connectivity index (χ1v) is 4.56. The lowest BCUT2D eigenvalue weighted by molar-refractivity contribution is 0.318. The normalized spacial score (nSPS) is 11.6. The maximum Gasteiger partial charge on any atom is 0.206 e. The first-order chi connectivity index (χ1) is 7.81. The van der Waals surface area contributed by atoms with Crippen LogP contribution in [0.3, 0.4) is 0 Å². The van der Waals surface area contributed by atoms with Crippen LogP contribution in [-0.2, 0) is 6.54 Å². The average Bonchev–Trinajstić information content (AvgIpc) is 2.77. The Bertz CT molecular complexity index is 492. The number of amidine groups is 1. The second-order valence-electron chi connectivity index (χ2n) is 3.03. The van der Waals surface area contributed by atoms with Gasteiger partial charge in [-0.05, 0) is 6.07 Å². The Kier molecular flexibility index (Phi) is 2.77. The largest absolute Gasteiger partial charge is 0.409 e. The van der Waals surface area contributed by atoms with Crippen molar-refractivity contribution in [2.24, 2.45) is 10.9 Å². The van der Waals surface area contributed by atoms with Crippen molar-refractivity contribution in [1.82, 2.24) is 19.5 Å². The summed E-state index contributed by atoms with van der Waals surface area (Å²) in [6, 6.07) is 1.74. The fraction of sp³-hybridized carbons (Fsp3) is 0.111. The van der Waals surface area contributed by atoms with E-state index in [0.717, 1.165) is 0 Å². The first-order valence-electron chi connectivity index (χ1n) is 4.56. The standard InChI is InChI=1S/C9H10N6O/c10-8(14-16)9-13-4-5-15(9)6-7-11-2-1-3-12-7/h1-5,16H,6H2,(H2,10,14). The van der Waals surface area contributed by atoms with E-state index >= 15 is 0 Å². The molecule has 16 heavy (non-hydrogen) atoms. The molecule has 2 aromatic rings. The zero-order valence-electron chi connectivity index (χ0n) is 8.35. The molecule has 3 N–H and O–H groups in total. The van der Waals surface area contributed by atoms with E-state index in [9.17, 15) is 0 Å². The third-order valence-corrected chi connectivity index (χ3v) is 1.98. The molecule has 0 saturated heterocycles. The maximum absolute atomic E-state index is 8.58. The Balaban J connectivity index is 2.26. The number of nitrogens with zero attached hydrogens (tertiary/aromatic N) is 5. The maximum atomic E-state index is 8.58. The van der Waals surface area contributed by atoms with Crippen molar-refractivity contribution in [2.45, 2.75) is 6.54 Å². The molecule has 2 heterocycles. The summed E-state index contributed by atoms with van der Waals surface area (Å²) in [6.07, 6.45) is 6.59. The molecule has 0 fully saturated rings. The van der Waals surface area contributed by atoms with E-state index in [4.69, 9.17) is 10.9 Å². The number of rotatable bonds is 3. The topological polar surface area (TPSA) is 102 Å². The van der Waals surface area contributed by atoms with Gasteiger partial charge < -0.3 is 15.5 Å². The highest BCUT2D eigenvalue weighted by Gasteiger charge is 2.08. The zero-order valence-corrected chi connectivity index (χ0v) is 8.35. The van der Waals surface area contributed by atoms with Gasteiger partial charge in [0.25, 0.3) is 0 Å². The van der Waals surface area contributed by atoms with E-state index in [2.05, 4.69) is 20.1 Å². The van der Waals surface area contributed by atoms with Crippen molar-refractivity contribution < 1.29 is 5.21 Å². The molecule has 0 atom stereocenters. The molecule has 0 aliphatic rings. The Morgan fingerprint density at radius 1 is 1.31 bits per heavy atom. The molecule has 0 aromatic carbocycles. The number of hydrogen-bond donors (Lipinski definition) is 2. The van der Waals surface area contributed by atoms with Gasteiger partial charge in [0.15, 0.2) is 5.82 Å². The van der Waals surface area contributed by atoms with Crippen LogP contribution in [0.2, 0.25) is 0 Å². The number of imidazole rings is 1. The highest BCUT2D eigenvalue weighted by atomic mass is 16.4. The van der Waals surface area contributed by atoms with E-state index in [0.29, 0.717) is 18.2 Å². The fourth-order valence-electron chi connectivity index (χ4n) is 1.28. The summed E-state index contributed by atoms with van der Waals surface area (Å²) in [5.41, 5.74) is 5.47. The van der Waals surface area contributed by atoms with Gasteiger partial charge in [0, 0.05) is 24.8 Å². The quantitative estimate of drug-likeness (QED) is 0.322. The molecule has 2 aromatic heterocycles. The molecule has 0 spiro atoms. The van der Waals surface area contributed by atoms with Crippen molar-refractivity contribution in [1.29, 1.82) is 0 Å². The molecule has 0 amide bonds. The first kappa shape index (κ1) is 10.1. The zero-order chi connectivity index (χ0) is 11.4. The number of aromatic nitrogens is 4. The lowest BCUT2D eigenvalue weighted by Crippen LogP contribution is -2.20. The SMILES string of the molecule is NC(=NO)c1nccn1Cc1ncccn1. The molecule has 0 saturated carbocycles. The summed E-state index contributed by atoms with van der Waals surface area (Å²) in [7, 11) is 0. The molecule has 0 aliphatic carbocycles. The van der Waals surface area contributed by atoms with Gasteiger partial charge in [0.05, 0.1) is 6.54 Å². The Morgan fingerprint density at radius 2 is 2.06 bits per heavy atom. The molecule has 7 heteroatoms. The minimum absolute atomic E-state index is 0.0408. The summed E-state index contributed by atoms with van der Waals surface area (Å²) < 4.78 is 1.70. The minimum Gasteiger partial charge on any atom is -0.409 e. The molecule has 2 rings (SSSR count). The lowest BCUT2D eigenvalue weighted by atomic mass is 10.5. The number of hydrogen-bond acceptors (Lipinski definition) is 5. The van der Waals surface area contributed by atoms with E-state index in [-0.39, 0.29) is 5.84 Å². The predicted octanol–water partition coefficient (Wildman–Crippen LogP) is -0.184. The van der Waals surface area contributed by atoms with Gasteiger partial charge in [0.1, 0.15) is 5.82 Å². The van der Waals surface area contributed by atoms with Gasteiger partial charge in [-0.2, -0.15) is 0 Å². The van der Waals surface area contributed by atoms with Crippen molar-refractivity contribution in [3.8, 4) is 0 Å². The fourth-order valence-corrected chi connectivity index (χ4v) is 1.28. The van der Waals surface area contributed by atoms with Crippen molar-refractivity contribution in [2.75, 3.05) is 0 Å². The molecule has 82 valence electrons. The Labute approximate surface area is 91.3 Å². The number of oxime groups is 1. The highest BCUT2D eigenvalue weighted by Crippen LogP contribution is 2.00. The van der Waals surface area contributed by atoms with E-state index in [1.54, 1.807) is 35.4 Å². The molecule has 0 radical (unpaired) electrons. The molecule has 0 aliphatic heterocycles. The van der Waals surface area contributed by atoms with Crippen molar-refractivity contribution in [3.63, 3.8) is 0 Å². The molecular formula is C9H10N6O. The van der Waals surface area contributed by atoms with Gasteiger partial charge >= 0.3 is 0 Å². The molecular weight excluding hydrogens is 208 g/mol. The van der Waals surface area contributed by atoms with Crippen LogP contribution >= 0.6 is 0 Å². The highest BCUT2D eigenvalue weighted by molar-refractivity contribution is 5.93. The smallest absolute Gasteiger partial charge is 0.206 e. The van der Waals surface area contributed by atoms with Crippen molar-refractivity contribution >= 4 is 5.84 Å². The molecule has 0 bridgehead atoms. The van der Waals surface area contributed by atoms with Crippen LogP contribution in [0.25, 0.3) is 0 Å². The van der Waals surface area contributed by atoms with Crippen LogP contribution < -0.4 is 5.73 Å². The lowest BCUT2D eigenvalue weighted by Gasteiger charge is -2.04. The van der Waals surface area contributed by atoms with Crippen molar-refractivity contribution in [3.05, 3.63) is 42.5 Å². The van der Waals surface area contributed by atoms with E-state index in [1.165, 1.54) is 0 Å². The van der Waals surface area contributed by atoms with Gasteiger partial charge in [-0.25, -0.2) is 15.0 Å². The van der Waals surface area contributed by atoms with Gasteiger partial charge in [-0.3, -0.25) is 0 Å². The van der Waals surface area contributed by atoms with Crippen LogP contribution in [-0.4, -0.2) is 30.6 Å². The summed E-state index contributed by atoms with van der Waals surface area (Å²) in [6.45, 7) is 0.423. The van der Waals surface area contributed by atoms with E-state index < -0.39 is 0 Å². The molecule has 0 unspecified atom stereocenters. The van der Waals surface area contributed by atoms with E-state index in [1.807, 2.05) is 0 Å². The Morgan fingerprint density at radius 3 is 2.75 bits per heavy atom. The second kappa shape index (κ2) is 4.39. The average molecular weight is 218 g/mol. The molecule has 7 nitrogen and oxygen atoms in total. The monoisotopic (exact) mass is 218 g/mol. The minimum atomic E-state index is -0.0408. The van der Waals surface area contributed by atoms with Crippen LogP contribution in [0.1, 0.15) is 11.6 Å². The predicted molar refractivity (Wildman–Crippen MR) is 55.9 cm³/mol. The summed E-state index contributed by atoms with van der Waals surface area (Å²) in [5, 5.41) is 11.5. The Hall–Kier alpha value is -2.44. The summed E-state index contributed by atoms with van der Waals surface area (Å²) in [4.78, 5) is 12.1. The number of nitrogens with two attached hydrogens (primary N) is 1. The van der Waals surface area contributed by atoms with Crippen LogP contribution in [0.4, 0.5) is 0 Å². The third kappa shape index (κ3) is 1.97. The van der Waals surface area contributed by atoms with Gasteiger partial charge in [-0.1, -0.05) is 5.16 Å².